The molecule has 4 atom stereocenters. The fourth-order valence-electron chi connectivity index (χ4n) is 2.03. The van der Waals surface area contributed by atoms with E-state index in [1.54, 1.807) is 0 Å². The Morgan fingerprint density at radius 1 is 1.50 bits per heavy atom. The second kappa shape index (κ2) is 4.24. The summed E-state index contributed by atoms with van der Waals surface area (Å²) in [5, 5.41) is 15.1. The Kier molecular flexibility index (Phi) is 2.70. The van der Waals surface area contributed by atoms with Gasteiger partial charge in [0.25, 0.3) is 0 Å². The molecule has 2 fully saturated rings. The second-order valence-corrected chi connectivity index (χ2v) is 3.80. The van der Waals surface area contributed by atoms with Crippen molar-refractivity contribution in [1.29, 1.82) is 0 Å². The molecule has 0 radical (unpaired) electrons. The molecule has 0 bridgehead atoms. The molecule has 0 aliphatic carbocycles. The normalized spacial score (nSPS) is 34.7. The van der Waals surface area contributed by atoms with Crippen LogP contribution >= 0.6 is 0 Å². The third-order valence-corrected chi connectivity index (χ3v) is 2.82. The Labute approximate surface area is 99.0 Å². The van der Waals surface area contributed by atoms with Gasteiger partial charge in [-0.2, -0.15) is 14.3 Å². The number of alkyl halides is 1. The summed E-state index contributed by atoms with van der Waals surface area (Å²) in [6.07, 6.45) is -0.760. The largest absolute Gasteiger partial charge is 0.436 e. The number of rotatable bonds is 3. The van der Waals surface area contributed by atoms with Crippen LogP contribution in [0.2, 0.25) is 0 Å². The zero-order chi connectivity index (χ0) is 12.7. The monoisotopic (exact) mass is 261 g/mol. The molecule has 3 heterocycles. The Hall–Kier alpha value is -1.62. The highest BCUT2D eigenvalue weighted by Gasteiger charge is 2.55. The van der Waals surface area contributed by atoms with Crippen molar-refractivity contribution < 1.29 is 28.9 Å². The van der Waals surface area contributed by atoms with Gasteiger partial charge in [-0.3, -0.25) is 0 Å². The number of ether oxygens (including phenoxy) is 1. The lowest BCUT2D eigenvalue weighted by molar-refractivity contribution is -0.478. The molecular formula is C8H8FN3O6. The van der Waals surface area contributed by atoms with E-state index in [2.05, 4.69) is 10.0 Å². The van der Waals surface area contributed by atoms with Crippen LogP contribution in [0.4, 0.5) is 10.3 Å². The third-order valence-electron chi connectivity index (χ3n) is 2.82. The van der Waals surface area contributed by atoms with E-state index in [0.717, 1.165) is 4.57 Å². The Balaban J connectivity index is 1.92. The summed E-state index contributed by atoms with van der Waals surface area (Å²) in [5.74, 6) is -0.422. The molecule has 0 aromatic carbocycles. The van der Waals surface area contributed by atoms with Gasteiger partial charge in [0, 0.05) is 0 Å². The lowest BCUT2D eigenvalue weighted by Crippen LogP contribution is -2.29. The average molecular weight is 261 g/mol. The van der Waals surface area contributed by atoms with Crippen molar-refractivity contribution >= 4 is 5.95 Å². The summed E-state index contributed by atoms with van der Waals surface area (Å²) in [5.41, 5.74) is 0. The molecule has 1 unspecified atom stereocenters. The second-order valence-electron chi connectivity index (χ2n) is 3.80. The van der Waals surface area contributed by atoms with E-state index in [1.807, 2.05) is 0 Å². The molecule has 98 valence electrons. The molecule has 0 N–H and O–H groups in total. The summed E-state index contributed by atoms with van der Waals surface area (Å²) in [6, 6.07) is 0. The van der Waals surface area contributed by atoms with Crippen LogP contribution in [0.25, 0.3) is 0 Å². The van der Waals surface area contributed by atoms with Crippen molar-refractivity contribution in [3.63, 3.8) is 0 Å². The molecule has 0 amide bonds. The number of imidazole rings is 1. The maximum Gasteiger partial charge on any atom is 0.436 e. The summed E-state index contributed by atoms with van der Waals surface area (Å²) in [6.45, 7) is -0.813. The van der Waals surface area contributed by atoms with E-state index in [0.29, 0.717) is 0 Å². The first-order valence-corrected chi connectivity index (χ1v) is 5.10. The van der Waals surface area contributed by atoms with Crippen molar-refractivity contribution in [2.24, 2.45) is 0 Å². The summed E-state index contributed by atoms with van der Waals surface area (Å²) < 4.78 is 19.2. The van der Waals surface area contributed by atoms with Crippen LogP contribution in [0, 0.1) is 10.1 Å². The summed E-state index contributed by atoms with van der Waals surface area (Å²) in [4.78, 5) is 23.2. The maximum atomic E-state index is 12.7. The zero-order valence-electron chi connectivity index (χ0n) is 8.84. The maximum absolute atomic E-state index is 12.7. The van der Waals surface area contributed by atoms with E-state index in [1.165, 1.54) is 12.4 Å². The van der Waals surface area contributed by atoms with Gasteiger partial charge >= 0.3 is 5.95 Å². The quantitative estimate of drug-likeness (QED) is 0.438. The van der Waals surface area contributed by atoms with Gasteiger partial charge < -0.3 is 14.9 Å². The van der Waals surface area contributed by atoms with E-state index < -0.39 is 42.1 Å². The lowest BCUT2D eigenvalue weighted by Gasteiger charge is -2.13. The number of halogens is 1. The first-order chi connectivity index (χ1) is 8.72. The van der Waals surface area contributed by atoms with Crippen LogP contribution in [0.1, 0.15) is 6.23 Å². The molecule has 2 aliphatic heterocycles. The third kappa shape index (κ3) is 1.58. The van der Waals surface area contributed by atoms with Crippen molar-refractivity contribution in [3.05, 3.63) is 22.5 Å². The first kappa shape index (κ1) is 11.5. The van der Waals surface area contributed by atoms with E-state index >= 15 is 0 Å². The van der Waals surface area contributed by atoms with Crippen LogP contribution in [-0.2, 0) is 19.6 Å². The van der Waals surface area contributed by atoms with Crippen LogP contribution in [0.3, 0.4) is 0 Å². The highest BCUT2D eigenvalue weighted by Crippen LogP contribution is 2.39. The van der Waals surface area contributed by atoms with Gasteiger partial charge in [0.2, 0.25) is 6.23 Å². The number of hydrogen-bond acceptors (Lipinski definition) is 7. The predicted molar refractivity (Wildman–Crippen MR) is 49.6 cm³/mol. The van der Waals surface area contributed by atoms with Crippen molar-refractivity contribution in [3.8, 4) is 0 Å². The van der Waals surface area contributed by atoms with Crippen molar-refractivity contribution in [1.82, 2.24) is 9.55 Å². The zero-order valence-corrected chi connectivity index (χ0v) is 8.84. The molecule has 10 heteroatoms. The average Bonchev–Trinajstić information content (AvgIpc) is 3.03. The smallest absolute Gasteiger partial charge is 0.390 e. The molecule has 0 saturated carbocycles. The van der Waals surface area contributed by atoms with Gasteiger partial charge in [0.1, 0.15) is 25.2 Å². The minimum Gasteiger partial charge on any atom is -0.390 e. The van der Waals surface area contributed by atoms with Gasteiger partial charge in [-0.05, 0) is 4.92 Å². The van der Waals surface area contributed by atoms with Gasteiger partial charge in [0.15, 0.2) is 12.2 Å². The Morgan fingerprint density at radius 2 is 2.28 bits per heavy atom. The minimum absolute atomic E-state index is 0.422. The number of nitro groups is 1. The molecule has 3 rings (SSSR count). The summed E-state index contributed by atoms with van der Waals surface area (Å²) >= 11 is 0. The van der Waals surface area contributed by atoms with E-state index in [-0.39, 0.29) is 0 Å². The van der Waals surface area contributed by atoms with E-state index in [4.69, 9.17) is 14.5 Å². The minimum atomic E-state index is -0.916. The van der Waals surface area contributed by atoms with Gasteiger partial charge in [-0.25, -0.2) is 4.39 Å². The SMILES string of the molecule is O=[N+]([O-])c1nccn1C1O[C@H](CF)[C@H]2OOO[C@@H]12. The fourth-order valence-corrected chi connectivity index (χ4v) is 2.03. The molecule has 9 nitrogen and oxygen atoms in total. The Bertz CT molecular complexity index is 467. The van der Waals surface area contributed by atoms with Gasteiger partial charge in [-0.15, -0.1) is 0 Å². The number of aromatic nitrogens is 2. The number of nitrogens with zero attached hydrogens (tertiary/aromatic N) is 3. The molecule has 1 aromatic heterocycles. The van der Waals surface area contributed by atoms with Crippen LogP contribution in [0.5, 0.6) is 0 Å². The Morgan fingerprint density at radius 3 is 3.00 bits per heavy atom. The topological polar surface area (TPSA) is 97.9 Å². The predicted octanol–water partition coefficient (Wildman–Crippen LogP) is 0.289. The van der Waals surface area contributed by atoms with Crippen molar-refractivity contribution in [2.45, 2.75) is 24.5 Å². The van der Waals surface area contributed by atoms with Gasteiger partial charge in [0.05, 0.1) is 0 Å². The van der Waals surface area contributed by atoms with Crippen molar-refractivity contribution in [2.75, 3.05) is 6.67 Å². The number of fused-ring (bicyclic) bond motifs is 1. The highest BCUT2D eigenvalue weighted by molar-refractivity contribution is 5.10. The molecule has 2 saturated heterocycles. The highest BCUT2D eigenvalue weighted by atomic mass is 19.1. The van der Waals surface area contributed by atoms with Crippen LogP contribution in [-0.4, -0.2) is 39.5 Å². The van der Waals surface area contributed by atoms with Gasteiger partial charge in [-0.1, -0.05) is 10.0 Å². The molecule has 0 spiro atoms. The number of hydrogen-bond donors (Lipinski definition) is 0. The van der Waals surface area contributed by atoms with Crippen LogP contribution < -0.4 is 0 Å². The van der Waals surface area contributed by atoms with E-state index in [9.17, 15) is 14.5 Å². The standard InChI is InChI=1S/C8H8FN3O6/c9-3-4-5-6(17-18-16-5)7(15-4)11-2-1-10-8(11)12(13)14/h1-2,4-7H,3H2/t4-,5-,6-,7?/m1/s1. The first-order valence-electron chi connectivity index (χ1n) is 5.10. The fraction of sp³-hybridized carbons (Fsp3) is 0.625. The molecule has 2 aliphatic rings. The molecular weight excluding hydrogens is 253 g/mol. The lowest BCUT2D eigenvalue weighted by atomic mass is 10.1. The molecule has 18 heavy (non-hydrogen) atoms. The summed E-state index contributed by atoms with van der Waals surface area (Å²) in [7, 11) is 0. The van der Waals surface area contributed by atoms with Crippen LogP contribution in [0.15, 0.2) is 12.4 Å². The molecule has 1 aromatic rings.